The van der Waals surface area contributed by atoms with E-state index in [-0.39, 0.29) is 24.2 Å². The number of hydrogen-bond acceptors (Lipinski definition) is 6. The molecule has 3 amide bonds. The van der Waals surface area contributed by atoms with Gasteiger partial charge in [-0.2, -0.15) is 0 Å². The molecule has 9 nitrogen and oxygen atoms in total. The molecule has 1 heterocycles. The Kier molecular flexibility index (Phi) is 7.25. The number of fused-ring (bicyclic) bond motifs is 1. The molecule has 2 aliphatic rings. The number of benzene rings is 2. The lowest BCUT2D eigenvalue weighted by Crippen LogP contribution is -2.36. The number of nitrogens with one attached hydrogen (secondary N) is 1. The fraction of sp³-hybridized carbons (Fsp3) is 0.423. The Labute approximate surface area is 204 Å². The van der Waals surface area contributed by atoms with Crippen molar-refractivity contribution < 1.29 is 29.1 Å². The summed E-state index contributed by atoms with van der Waals surface area (Å²) in [6.07, 6.45) is 2.38. The molecule has 2 atom stereocenters. The van der Waals surface area contributed by atoms with Crippen LogP contribution in [0.3, 0.4) is 0 Å². The second kappa shape index (κ2) is 10.4. The zero-order valence-electron chi connectivity index (χ0n) is 20.2. The van der Waals surface area contributed by atoms with Gasteiger partial charge in [0, 0.05) is 12.5 Å². The van der Waals surface area contributed by atoms with Crippen molar-refractivity contribution in [1.82, 2.24) is 9.96 Å². The second-order valence-corrected chi connectivity index (χ2v) is 8.97. The Morgan fingerprint density at radius 1 is 1.29 bits per heavy atom. The maximum absolute atomic E-state index is 13.7. The number of rotatable bonds is 11. The third-order valence-electron chi connectivity index (χ3n) is 6.54. The van der Waals surface area contributed by atoms with Crippen LogP contribution in [0, 0.1) is 5.92 Å². The van der Waals surface area contributed by atoms with E-state index in [0.717, 1.165) is 24.0 Å². The van der Waals surface area contributed by atoms with Crippen LogP contribution in [0.1, 0.15) is 60.6 Å². The molecule has 9 heteroatoms. The topological polar surface area (TPSA) is 108 Å². The van der Waals surface area contributed by atoms with Gasteiger partial charge in [0.25, 0.3) is 5.91 Å². The zero-order valence-corrected chi connectivity index (χ0v) is 20.2. The van der Waals surface area contributed by atoms with Crippen LogP contribution in [0.5, 0.6) is 11.5 Å². The molecule has 2 aromatic carbocycles. The highest BCUT2D eigenvalue weighted by molar-refractivity contribution is 6.07. The molecule has 0 radical (unpaired) electrons. The van der Waals surface area contributed by atoms with Crippen LogP contribution in [0.25, 0.3) is 0 Å². The second-order valence-electron chi connectivity index (χ2n) is 8.97. The number of amides is 3. The van der Waals surface area contributed by atoms with Crippen molar-refractivity contribution in [3.05, 3.63) is 53.1 Å². The van der Waals surface area contributed by atoms with Crippen molar-refractivity contribution in [3.8, 4) is 11.5 Å². The predicted octanol–water partition coefficient (Wildman–Crippen LogP) is 3.77. The van der Waals surface area contributed by atoms with E-state index in [0.29, 0.717) is 47.4 Å². The van der Waals surface area contributed by atoms with Crippen molar-refractivity contribution in [1.29, 1.82) is 0 Å². The van der Waals surface area contributed by atoms with E-state index >= 15 is 0 Å². The standard InChI is InChI=1S/C26H31N3O6/c1-4-35-23-13-18(10-11-22(23)34-3)21(12-16(2)29(33)15-30)28-14-19-6-5-7-20(24(19)26(28)32)27-25(31)17-8-9-17/h5-7,10-11,13,15-17,21,33H,4,8-9,12,14H2,1-3H3,(H,27,31)/t16?,21-/m1/s1. The highest BCUT2D eigenvalue weighted by Gasteiger charge is 2.38. The van der Waals surface area contributed by atoms with Gasteiger partial charge in [-0.3, -0.25) is 19.6 Å². The molecular weight excluding hydrogens is 450 g/mol. The first-order valence-corrected chi connectivity index (χ1v) is 11.8. The number of carbonyl (C=O) groups is 3. The van der Waals surface area contributed by atoms with Gasteiger partial charge in [0.1, 0.15) is 0 Å². The number of methoxy groups -OCH3 is 1. The molecule has 0 bridgehead atoms. The summed E-state index contributed by atoms with van der Waals surface area (Å²) in [5, 5.41) is 13.5. The summed E-state index contributed by atoms with van der Waals surface area (Å²) in [6, 6.07) is 9.89. The third kappa shape index (κ3) is 5.09. The van der Waals surface area contributed by atoms with E-state index < -0.39 is 12.1 Å². The van der Waals surface area contributed by atoms with Gasteiger partial charge in [0.2, 0.25) is 12.3 Å². The number of carbonyl (C=O) groups excluding carboxylic acids is 3. The van der Waals surface area contributed by atoms with E-state index in [9.17, 15) is 19.6 Å². The molecule has 1 aliphatic carbocycles. The molecule has 186 valence electrons. The average molecular weight is 482 g/mol. The van der Waals surface area contributed by atoms with Gasteiger partial charge in [-0.1, -0.05) is 18.2 Å². The van der Waals surface area contributed by atoms with Gasteiger partial charge in [-0.15, -0.1) is 0 Å². The lowest BCUT2D eigenvalue weighted by Gasteiger charge is -2.32. The van der Waals surface area contributed by atoms with Gasteiger partial charge in [0.05, 0.1) is 37.1 Å². The summed E-state index contributed by atoms with van der Waals surface area (Å²) in [4.78, 5) is 39.0. The van der Waals surface area contributed by atoms with Crippen molar-refractivity contribution >= 4 is 23.9 Å². The fourth-order valence-corrected chi connectivity index (χ4v) is 4.47. The average Bonchev–Trinajstić information content (AvgIpc) is 3.66. The van der Waals surface area contributed by atoms with E-state index in [1.807, 2.05) is 31.2 Å². The summed E-state index contributed by atoms with van der Waals surface area (Å²) in [6.45, 7) is 4.36. The van der Waals surface area contributed by atoms with Crippen LogP contribution in [-0.4, -0.2) is 53.2 Å². The Hall–Kier alpha value is -3.59. The zero-order chi connectivity index (χ0) is 25.1. The molecule has 0 aromatic heterocycles. The van der Waals surface area contributed by atoms with E-state index in [2.05, 4.69) is 5.32 Å². The van der Waals surface area contributed by atoms with Gasteiger partial charge >= 0.3 is 0 Å². The Morgan fingerprint density at radius 2 is 2.06 bits per heavy atom. The lowest BCUT2D eigenvalue weighted by atomic mass is 9.97. The van der Waals surface area contributed by atoms with Crippen LogP contribution in [0.2, 0.25) is 0 Å². The number of ether oxygens (including phenoxy) is 2. The molecule has 1 unspecified atom stereocenters. The highest BCUT2D eigenvalue weighted by Crippen LogP contribution is 2.40. The largest absolute Gasteiger partial charge is 0.493 e. The van der Waals surface area contributed by atoms with Crippen molar-refractivity contribution in [3.63, 3.8) is 0 Å². The first-order chi connectivity index (χ1) is 16.9. The summed E-state index contributed by atoms with van der Waals surface area (Å²) in [5.74, 6) is 0.854. The van der Waals surface area contributed by atoms with E-state index in [1.165, 1.54) is 0 Å². The van der Waals surface area contributed by atoms with Crippen molar-refractivity contribution in [2.75, 3.05) is 19.0 Å². The Bertz CT molecular complexity index is 1120. The van der Waals surface area contributed by atoms with Gasteiger partial charge < -0.3 is 19.7 Å². The fourth-order valence-electron chi connectivity index (χ4n) is 4.47. The minimum atomic E-state index is -0.555. The first-order valence-electron chi connectivity index (χ1n) is 11.8. The molecule has 4 rings (SSSR count). The molecule has 1 aliphatic heterocycles. The molecular formula is C26H31N3O6. The molecule has 0 saturated heterocycles. The smallest absolute Gasteiger partial charge is 0.257 e. The quantitative estimate of drug-likeness (QED) is 0.287. The van der Waals surface area contributed by atoms with Crippen LogP contribution < -0.4 is 14.8 Å². The minimum absolute atomic E-state index is 0.0160. The third-order valence-corrected chi connectivity index (χ3v) is 6.54. The van der Waals surface area contributed by atoms with E-state index in [4.69, 9.17) is 9.47 Å². The van der Waals surface area contributed by atoms with Crippen molar-refractivity contribution in [2.45, 2.75) is 51.7 Å². The van der Waals surface area contributed by atoms with Crippen LogP contribution in [-0.2, 0) is 16.1 Å². The van der Waals surface area contributed by atoms with Crippen molar-refractivity contribution in [2.24, 2.45) is 5.92 Å². The van der Waals surface area contributed by atoms with Crippen LogP contribution in [0.15, 0.2) is 36.4 Å². The SMILES string of the molecule is CCOc1cc([C@@H](CC(C)N(O)C=O)N2Cc3cccc(NC(=O)C4CC4)c3C2=O)ccc1OC. The van der Waals surface area contributed by atoms with Gasteiger partial charge in [0.15, 0.2) is 11.5 Å². The highest BCUT2D eigenvalue weighted by atomic mass is 16.5. The predicted molar refractivity (Wildman–Crippen MR) is 128 cm³/mol. The summed E-state index contributed by atoms with van der Waals surface area (Å²) < 4.78 is 11.1. The normalized spacial score (nSPS) is 16.3. The van der Waals surface area contributed by atoms with Crippen LogP contribution >= 0.6 is 0 Å². The van der Waals surface area contributed by atoms with Gasteiger partial charge in [-0.05, 0) is 62.4 Å². The summed E-state index contributed by atoms with van der Waals surface area (Å²) in [7, 11) is 1.56. The van der Waals surface area contributed by atoms with Crippen LogP contribution in [0.4, 0.5) is 5.69 Å². The summed E-state index contributed by atoms with van der Waals surface area (Å²) >= 11 is 0. The lowest BCUT2D eigenvalue weighted by molar-refractivity contribution is -0.160. The van der Waals surface area contributed by atoms with Gasteiger partial charge in [-0.25, -0.2) is 5.06 Å². The number of nitrogens with zero attached hydrogens (tertiary/aromatic N) is 2. The molecule has 35 heavy (non-hydrogen) atoms. The van der Waals surface area contributed by atoms with E-state index in [1.54, 1.807) is 31.1 Å². The molecule has 2 aromatic rings. The maximum atomic E-state index is 13.7. The minimum Gasteiger partial charge on any atom is -0.493 e. The molecule has 1 saturated carbocycles. The number of hydrogen-bond donors (Lipinski definition) is 2. The molecule has 1 fully saturated rings. The summed E-state index contributed by atoms with van der Waals surface area (Å²) in [5.41, 5.74) is 2.59. The Balaban J connectivity index is 1.69. The molecule has 0 spiro atoms. The molecule has 2 N–H and O–H groups in total. The number of hydroxylamine groups is 2. The Morgan fingerprint density at radius 3 is 2.71 bits per heavy atom. The first kappa shape index (κ1) is 24.5. The maximum Gasteiger partial charge on any atom is 0.257 e. The monoisotopic (exact) mass is 481 g/mol. The number of anilines is 1.